The number of alkyl carbamates (subject to hydrolysis) is 1. The van der Waals surface area contributed by atoms with Crippen molar-refractivity contribution in [2.24, 2.45) is 5.41 Å². The van der Waals surface area contributed by atoms with E-state index in [0.29, 0.717) is 19.4 Å². The minimum Gasteiger partial charge on any atom is -0.481 e. The maximum absolute atomic E-state index is 13.2. The van der Waals surface area contributed by atoms with Crippen molar-refractivity contribution in [1.82, 2.24) is 10.2 Å². The lowest BCUT2D eigenvalue weighted by Crippen LogP contribution is -2.59. The standard InChI is InChI=1S/C28H36N2O5/c1-27(2,25(33)30(5)17-11-10-16-24(31)32)28(3,4)29-26(34)35-18-23-21-14-8-6-12-19(21)20-13-7-9-15-22(20)23/h6-9,12-15,23H,10-11,16-18H2,1-5H3,(H,29,34)(H,31,32). The number of carbonyl (C=O) groups excluding carboxylic acids is 2. The van der Waals surface area contributed by atoms with Crippen LogP contribution >= 0.6 is 0 Å². The molecule has 7 nitrogen and oxygen atoms in total. The molecule has 0 bridgehead atoms. The lowest BCUT2D eigenvalue weighted by molar-refractivity contribution is -0.142. The Kier molecular flexibility index (Phi) is 7.88. The van der Waals surface area contributed by atoms with Gasteiger partial charge in [-0.1, -0.05) is 48.5 Å². The molecule has 1 aliphatic carbocycles. The van der Waals surface area contributed by atoms with E-state index in [1.807, 2.05) is 38.1 Å². The van der Waals surface area contributed by atoms with Crippen LogP contribution in [-0.2, 0) is 14.3 Å². The first-order valence-corrected chi connectivity index (χ1v) is 12.1. The number of hydrogen-bond acceptors (Lipinski definition) is 4. The summed E-state index contributed by atoms with van der Waals surface area (Å²) in [5, 5.41) is 11.7. The van der Waals surface area contributed by atoms with Crippen LogP contribution in [-0.4, -0.2) is 53.7 Å². The molecule has 0 saturated heterocycles. The van der Waals surface area contributed by atoms with Gasteiger partial charge in [-0.05, 0) is 62.8 Å². The molecule has 188 valence electrons. The van der Waals surface area contributed by atoms with Gasteiger partial charge in [-0.15, -0.1) is 0 Å². The van der Waals surface area contributed by atoms with Gasteiger partial charge in [-0.25, -0.2) is 4.79 Å². The monoisotopic (exact) mass is 480 g/mol. The average molecular weight is 481 g/mol. The van der Waals surface area contributed by atoms with Gasteiger partial charge in [-0.2, -0.15) is 0 Å². The van der Waals surface area contributed by atoms with Crippen LogP contribution in [0.5, 0.6) is 0 Å². The molecule has 2 aromatic carbocycles. The number of amides is 2. The average Bonchev–Trinajstić information content (AvgIpc) is 3.13. The number of aliphatic carboxylic acids is 1. The molecule has 0 fully saturated rings. The molecule has 3 rings (SSSR count). The molecule has 7 heteroatoms. The lowest BCUT2D eigenvalue weighted by Gasteiger charge is -2.42. The van der Waals surface area contributed by atoms with Crippen LogP contribution in [0.3, 0.4) is 0 Å². The van der Waals surface area contributed by atoms with Gasteiger partial charge in [0.25, 0.3) is 0 Å². The zero-order valence-corrected chi connectivity index (χ0v) is 21.3. The number of nitrogens with one attached hydrogen (secondary N) is 1. The van der Waals surface area contributed by atoms with E-state index in [1.54, 1.807) is 25.8 Å². The van der Waals surface area contributed by atoms with Gasteiger partial charge in [0.1, 0.15) is 6.61 Å². The van der Waals surface area contributed by atoms with Crippen LogP contribution in [0.15, 0.2) is 48.5 Å². The van der Waals surface area contributed by atoms with E-state index in [2.05, 4.69) is 29.6 Å². The van der Waals surface area contributed by atoms with Crippen molar-refractivity contribution in [2.75, 3.05) is 20.2 Å². The van der Waals surface area contributed by atoms with Gasteiger partial charge >= 0.3 is 12.1 Å². The Bertz CT molecular complexity index is 1050. The Balaban J connectivity index is 1.61. The summed E-state index contributed by atoms with van der Waals surface area (Å²) in [6.45, 7) is 7.87. The molecule has 2 aromatic rings. The van der Waals surface area contributed by atoms with E-state index in [1.165, 1.54) is 0 Å². The molecule has 0 radical (unpaired) electrons. The summed E-state index contributed by atoms with van der Waals surface area (Å²) in [5.74, 6) is -1.01. The number of benzene rings is 2. The highest BCUT2D eigenvalue weighted by molar-refractivity contribution is 5.84. The second-order valence-corrected chi connectivity index (χ2v) is 10.3. The Hall–Kier alpha value is -3.35. The van der Waals surface area contributed by atoms with Gasteiger partial charge in [0.2, 0.25) is 5.91 Å². The summed E-state index contributed by atoms with van der Waals surface area (Å²) in [7, 11) is 1.70. The third kappa shape index (κ3) is 5.66. The highest BCUT2D eigenvalue weighted by atomic mass is 16.5. The Morgan fingerprint density at radius 2 is 1.49 bits per heavy atom. The maximum Gasteiger partial charge on any atom is 0.407 e. The summed E-state index contributed by atoms with van der Waals surface area (Å²) >= 11 is 0. The smallest absolute Gasteiger partial charge is 0.407 e. The van der Waals surface area contributed by atoms with Crippen LogP contribution in [0.25, 0.3) is 11.1 Å². The van der Waals surface area contributed by atoms with Crippen LogP contribution in [0.2, 0.25) is 0 Å². The molecular formula is C28H36N2O5. The molecule has 0 unspecified atom stereocenters. The number of fused-ring (bicyclic) bond motifs is 3. The number of hydrogen-bond donors (Lipinski definition) is 2. The van der Waals surface area contributed by atoms with Gasteiger partial charge in [0.05, 0.1) is 11.0 Å². The van der Waals surface area contributed by atoms with Gasteiger partial charge in [0, 0.05) is 25.9 Å². The fourth-order valence-electron chi connectivity index (χ4n) is 4.52. The summed E-state index contributed by atoms with van der Waals surface area (Å²) < 4.78 is 5.68. The second kappa shape index (κ2) is 10.5. The van der Waals surface area contributed by atoms with Crippen LogP contribution in [0, 0.1) is 5.41 Å². The molecule has 1 aliphatic rings. The van der Waals surface area contributed by atoms with E-state index in [0.717, 1.165) is 22.3 Å². The fourth-order valence-corrected chi connectivity index (χ4v) is 4.52. The molecule has 0 heterocycles. The number of nitrogens with zero attached hydrogens (tertiary/aromatic N) is 1. The zero-order chi connectivity index (χ0) is 25.8. The van der Waals surface area contributed by atoms with Crippen molar-refractivity contribution in [3.8, 4) is 11.1 Å². The van der Waals surface area contributed by atoms with E-state index >= 15 is 0 Å². The first-order valence-electron chi connectivity index (χ1n) is 12.1. The molecule has 0 spiro atoms. The number of unbranched alkanes of at least 4 members (excludes halogenated alkanes) is 1. The molecule has 0 saturated carbocycles. The number of carboxylic acid groups (broad SMARTS) is 1. The summed E-state index contributed by atoms with van der Waals surface area (Å²) in [6.07, 6.45) is 0.627. The summed E-state index contributed by atoms with van der Waals surface area (Å²) in [5.41, 5.74) is 2.80. The predicted octanol–water partition coefficient (Wildman–Crippen LogP) is 5.04. The van der Waals surface area contributed by atoms with Gasteiger partial charge < -0.3 is 20.1 Å². The highest BCUT2D eigenvalue weighted by Crippen LogP contribution is 2.44. The summed E-state index contributed by atoms with van der Waals surface area (Å²) in [4.78, 5) is 38.3. The second-order valence-electron chi connectivity index (χ2n) is 10.3. The van der Waals surface area contributed by atoms with Crippen LogP contribution < -0.4 is 5.32 Å². The normalized spacial score (nSPS) is 13.1. The van der Waals surface area contributed by atoms with Crippen molar-refractivity contribution in [2.45, 2.75) is 58.4 Å². The Morgan fingerprint density at radius 3 is 2.03 bits per heavy atom. The quantitative estimate of drug-likeness (QED) is 0.464. The zero-order valence-electron chi connectivity index (χ0n) is 21.3. The fraction of sp³-hybridized carbons (Fsp3) is 0.464. The maximum atomic E-state index is 13.2. The first-order chi connectivity index (χ1) is 16.5. The van der Waals surface area contributed by atoms with Crippen molar-refractivity contribution in [3.63, 3.8) is 0 Å². The van der Waals surface area contributed by atoms with Crippen molar-refractivity contribution in [3.05, 3.63) is 59.7 Å². The SMILES string of the molecule is CN(CCCCC(=O)O)C(=O)C(C)(C)C(C)(C)NC(=O)OCC1c2ccccc2-c2ccccc21. The first kappa shape index (κ1) is 26.3. The van der Waals surface area contributed by atoms with E-state index in [4.69, 9.17) is 9.84 Å². The number of rotatable bonds is 10. The Labute approximate surface area is 207 Å². The molecule has 2 N–H and O–H groups in total. The van der Waals surface area contributed by atoms with Crippen LogP contribution in [0.1, 0.15) is 64.0 Å². The summed E-state index contributed by atoms with van der Waals surface area (Å²) in [6, 6.07) is 16.3. The molecule has 35 heavy (non-hydrogen) atoms. The molecular weight excluding hydrogens is 444 g/mol. The van der Waals surface area contributed by atoms with Crippen molar-refractivity contribution >= 4 is 18.0 Å². The third-order valence-electron chi connectivity index (χ3n) is 7.34. The largest absolute Gasteiger partial charge is 0.481 e. The molecule has 0 aromatic heterocycles. The predicted molar refractivity (Wildman–Crippen MR) is 135 cm³/mol. The van der Waals surface area contributed by atoms with Gasteiger partial charge in [-0.3, -0.25) is 9.59 Å². The number of carboxylic acids is 1. The van der Waals surface area contributed by atoms with E-state index in [-0.39, 0.29) is 24.9 Å². The topological polar surface area (TPSA) is 95.9 Å². The third-order valence-corrected chi connectivity index (χ3v) is 7.34. The lowest BCUT2D eigenvalue weighted by atomic mass is 9.73. The van der Waals surface area contributed by atoms with E-state index < -0.39 is 23.0 Å². The minimum atomic E-state index is -0.917. The van der Waals surface area contributed by atoms with Crippen molar-refractivity contribution < 1.29 is 24.2 Å². The minimum absolute atomic E-state index is 0.0390. The van der Waals surface area contributed by atoms with E-state index in [9.17, 15) is 14.4 Å². The molecule has 0 aliphatic heterocycles. The molecule has 0 atom stereocenters. The number of ether oxygens (including phenoxy) is 1. The number of carbonyl (C=O) groups is 3. The van der Waals surface area contributed by atoms with Gasteiger partial charge in [0.15, 0.2) is 0 Å². The van der Waals surface area contributed by atoms with Crippen molar-refractivity contribution in [1.29, 1.82) is 0 Å². The Morgan fingerprint density at radius 1 is 0.943 bits per heavy atom. The highest BCUT2D eigenvalue weighted by Gasteiger charge is 2.46. The molecule has 2 amide bonds. The van der Waals surface area contributed by atoms with Crippen LogP contribution in [0.4, 0.5) is 4.79 Å².